The van der Waals surface area contributed by atoms with Gasteiger partial charge in [-0.05, 0) is 44.7 Å². The van der Waals surface area contributed by atoms with E-state index >= 15 is 0 Å². The molecule has 2 aromatic carbocycles. The fraction of sp³-hybridized carbons (Fsp3) is 0.400. The van der Waals surface area contributed by atoms with Gasteiger partial charge in [-0.3, -0.25) is 9.59 Å². The lowest BCUT2D eigenvalue weighted by Crippen LogP contribution is -2.47. The third kappa shape index (κ3) is 5.32. The van der Waals surface area contributed by atoms with Crippen LogP contribution in [0.1, 0.15) is 38.3 Å². The zero-order chi connectivity index (χ0) is 25.3. The van der Waals surface area contributed by atoms with Crippen LogP contribution in [-0.2, 0) is 27.2 Å². The number of hydrogen-bond donors (Lipinski definition) is 1. The summed E-state index contributed by atoms with van der Waals surface area (Å²) in [5.41, 5.74) is 3.01. The minimum Gasteiger partial charge on any atom is -0.490 e. The highest BCUT2D eigenvalue weighted by Crippen LogP contribution is 2.34. The van der Waals surface area contributed by atoms with E-state index < -0.39 is 0 Å². The molecule has 3 aliphatic rings. The summed E-state index contributed by atoms with van der Waals surface area (Å²) in [4.78, 5) is 29.9. The summed E-state index contributed by atoms with van der Waals surface area (Å²) in [6.45, 7) is 7.57. The lowest BCUT2D eigenvalue weighted by Gasteiger charge is -2.34. The van der Waals surface area contributed by atoms with E-state index in [1.165, 1.54) is 11.1 Å². The van der Waals surface area contributed by atoms with Crippen molar-refractivity contribution in [2.24, 2.45) is 0 Å². The monoisotopic (exact) mass is 485 g/mol. The first kappa shape index (κ1) is 24.2. The minimum absolute atomic E-state index is 0.0115. The van der Waals surface area contributed by atoms with Crippen molar-refractivity contribution >= 4 is 11.8 Å². The second-order valence-electron chi connectivity index (χ2n) is 10.9. The molecule has 3 aliphatic heterocycles. The predicted molar refractivity (Wildman–Crippen MR) is 140 cm³/mol. The number of benzene rings is 2. The second kappa shape index (κ2) is 9.84. The number of carbonyl (C=O) groups is 2. The smallest absolute Gasteiger partial charge is 0.250 e. The number of ether oxygens (including phenoxy) is 1. The third-order valence-electron chi connectivity index (χ3n) is 7.04. The van der Waals surface area contributed by atoms with Crippen LogP contribution in [0.15, 0.2) is 84.3 Å². The maximum Gasteiger partial charge on any atom is 0.250 e. The van der Waals surface area contributed by atoms with Crippen LogP contribution in [0.5, 0.6) is 0 Å². The van der Waals surface area contributed by atoms with Gasteiger partial charge in [0.25, 0.3) is 5.91 Å². The molecule has 3 unspecified atom stereocenters. The van der Waals surface area contributed by atoms with Gasteiger partial charge in [-0.15, -0.1) is 0 Å². The van der Waals surface area contributed by atoms with Crippen LogP contribution in [0.25, 0.3) is 0 Å². The maximum absolute atomic E-state index is 13.3. The van der Waals surface area contributed by atoms with Gasteiger partial charge in [0.1, 0.15) is 11.4 Å². The molecule has 1 N–H and O–H groups in total. The van der Waals surface area contributed by atoms with Crippen molar-refractivity contribution in [3.05, 3.63) is 95.4 Å². The molecule has 2 aromatic rings. The van der Waals surface area contributed by atoms with Crippen LogP contribution < -0.4 is 5.32 Å². The first-order valence-corrected chi connectivity index (χ1v) is 12.8. The number of amides is 2. The molecule has 0 radical (unpaired) electrons. The molecule has 0 spiro atoms. The van der Waals surface area contributed by atoms with Crippen LogP contribution in [-0.4, -0.2) is 58.4 Å². The molecule has 1 fully saturated rings. The summed E-state index contributed by atoms with van der Waals surface area (Å²) in [6.07, 6.45) is 5.74. The van der Waals surface area contributed by atoms with Crippen LogP contribution in [0, 0.1) is 0 Å². The summed E-state index contributed by atoms with van der Waals surface area (Å²) in [5.74, 6) is 0.710. The standard InChI is InChI=1S/C30H35N3O3/c1-30(2,3)36-27-19-29(35)33(26(27)17-22-12-8-5-9-13-22)23-14-15-32(20-23)25-18-28(34)31-24(25)16-21-10-6-4-7-11-21/h4-13,18-19,23-24,26H,14-17,20H2,1-3H3,(H,31,34). The van der Waals surface area contributed by atoms with Crippen molar-refractivity contribution in [3.63, 3.8) is 0 Å². The van der Waals surface area contributed by atoms with Crippen LogP contribution in [0.3, 0.4) is 0 Å². The van der Waals surface area contributed by atoms with Crippen LogP contribution in [0.4, 0.5) is 0 Å². The zero-order valence-electron chi connectivity index (χ0n) is 21.3. The van der Waals surface area contributed by atoms with Crippen molar-refractivity contribution in [1.82, 2.24) is 15.1 Å². The van der Waals surface area contributed by atoms with Gasteiger partial charge in [0.2, 0.25) is 5.91 Å². The molecule has 36 heavy (non-hydrogen) atoms. The molecule has 0 aliphatic carbocycles. The average molecular weight is 486 g/mol. The summed E-state index contributed by atoms with van der Waals surface area (Å²) in [5, 5.41) is 3.11. The highest BCUT2D eigenvalue weighted by Gasteiger charge is 2.43. The number of rotatable bonds is 7. The SMILES string of the molecule is CC(C)(C)OC1=CC(=O)N(C2CCN(C3=CC(=O)NC3Cc3ccccc3)C2)C1Cc1ccccc1. The summed E-state index contributed by atoms with van der Waals surface area (Å²) < 4.78 is 6.29. The molecule has 188 valence electrons. The summed E-state index contributed by atoms with van der Waals surface area (Å²) in [7, 11) is 0. The summed E-state index contributed by atoms with van der Waals surface area (Å²) in [6, 6.07) is 20.4. The third-order valence-corrected chi connectivity index (χ3v) is 7.04. The topological polar surface area (TPSA) is 61.9 Å². The van der Waals surface area contributed by atoms with Crippen molar-refractivity contribution in [1.29, 1.82) is 0 Å². The fourth-order valence-corrected chi connectivity index (χ4v) is 5.55. The van der Waals surface area contributed by atoms with E-state index in [0.29, 0.717) is 13.0 Å². The number of nitrogens with one attached hydrogen (secondary N) is 1. The lowest BCUT2D eigenvalue weighted by molar-refractivity contribution is -0.128. The van der Waals surface area contributed by atoms with Gasteiger partial charge in [0.15, 0.2) is 0 Å². The number of hydrogen-bond acceptors (Lipinski definition) is 4. The molecule has 5 rings (SSSR count). The Balaban J connectivity index is 1.34. The quantitative estimate of drug-likeness (QED) is 0.648. The molecular weight excluding hydrogens is 450 g/mol. The Morgan fingerprint density at radius 1 is 0.917 bits per heavy atom. The van der Waals surface area contributed by atoms with E-state index in [9.17, 15) is 9.59 Å². The predicted octanol–water partition coefficient (Wildman–Crippen LogP) is 3.84. The summed E-state index contributed by atoms with van der Waals surface area (Å²) >= 11 is 0. The van der Waals surface area contributed by atoms with Gasteiger partial charge in [-0.1, -0.05) is 60.7 Å². The van der Waals surface area contributed by atoms with E-state index in [0.717, 1.165) is 30.8 Å². The Morgan fingerprint density at radius 3 is 2.19 bits per heavy atom. The molecule has 1 saturated heterocycles. The number of carbonyl (C=O) groups excluding carboxylic acids is 2. The highest BCUT2D eigenvalue weighted by molar-refractivity contribution is 5.92. The average Bonchev–Trinajstić information content (AvgIpc) is 3.52. The Hall–Kier alpha value is -3.54. The fourth-order valence-electron chi connectivity index (χ4n) is 5.55. The molecule has 2 amide bonds. The molecule has 0 aromatic heterocycles. The highest BCUT2D eigenvalue weighted by atomic mass is 16.5. The Bertz CT molecular complexity index is 1170. The van der Waals surface area contributed by atoms with Crippen molar-refractivity contribution in [3.8, 4) is 0 Å². The lowest BCUT2D eigenvalue weighted by atomic mass is 10.0. The van der Waals surface area contributed by atoms with Crippen molar-refractivity contribution in [2.75, 3.05) is 13.1 Å². The first-order chi connectivity index (χ1) is 17.3. The van der Waals surface area contributed by atoms with Gasteiger partial charge < -0.3 is 19.9 Å². The zero-order valence-corrected chi connectivity index (χ0v) is 21.3. The molecule has 3 atom stereocenters. The molecule has 6 nitrogen and oxygen atoms in total. The van der Waals surface area contributed by atoms with Crippen molar-refractivity contribution in [2.45, 2.75) is 63.8 Å². The van der Waals surface area contributed by atoms with E-state index in [2.05, 4.69) is 34.5 Å². The Kier molecular flexibility index (Phi) is 6.61. The molecule has 0 saturated carbocycles. The first-order valence-electron chi connectivity index (χ1n) is 12.8. The van der Waals surface area contributed by atoms with Gasteiger partial charge in [0.05, 0.1) is 18.1 Å². The molecule has 3 heterocycles. The normalized spacial score (nSPS) is 24.1. The van der Waals surface area contributed by atoms with Crippen molar-refractivity contribution < 1.29 is 14.3 Å². The van der Waals surface area contributed by atoms with Gasteiger partial charge in [0, 0.05) is 37.4 Å². The van der Waals surface area contributed by atoms with E-state index in [1.54, 1.807) is 12.2 Å². The number of likely N-dealkylation sites (tertiary alicyclic amines) is 1. The Labute approximate surface area is 213 Å². The molecule has 0 bridgehead atoms. The molecule has 6 heteroatoms. The van der Waals surface area contributed by atoms with Gasteiger partial charge in [-0.25, -0.2) is 0 Å². The molecular formula is C30H35N3O3. The van der Waals surface area contributed by atoms with E-state index in [-0.39, 0.29) is 35.5 Å². The van der Waals surface area contributed by atoms with Crippen LogP contribution >= 0.6 is 0 Å². The van der Waals surface area contributed by atoms with Gasteiger partial charge >= 0.3 is 0 Å². The Morgan fingerprint density at radius 2 is 1.56 bits per heavy atom. The second-order valence-corrected chi connectivity index (χ2v) is 10.9. The van der Waals surface area contributed by atoms with Crippen LogP contribution in [0.2, 0.25) is 0 Å². The largest absolute Gasteiger partial charge is 0.490 e. The van der Waals surface area contributed by atoms with E-state index in [1.807, 2.05) is 62.1 Å². The van der Waals surface area contributed by atoms with Gasteiger partial charge in [-0.2, -0.15) is 0 Å². The number of nitrogens with zero attached hydrogens (tertiary/aromatic N) is 2. The van der Waals surface area contributed by atoms with E-state index in [4.69, 9.17) is 4.74 Å². The maximum atomic E-state index is 13.3. The minimum atomic E-state index is -0.385.